The van der Waals surface area contributed by atoms with E-state index in [2.05, 4.69) is 23.3 Å². The second-order valence-corrected chi connectivity index (χ2v) is 7.81. The minimum atomic E-state index is -1.80. The zero-order valence-electron chi connectivity index (χ0n) is 18.3. The predicted molar refractivity (Wildman–Crippen MR) is 123 cm³/mol. The Morgan fingerprint density at radius 3 is 1.83 bits per heavy atom. The summed E-state index contributed by atoms with van der Waals surface area (Å²) in [4.78, 5) is 71.5. The maximum absolute atomic E-state index is 12.9. The van der Waals surface area contributed by atoms with Crippen LogP contribution in [0.25, 0.3) is 0 Å². The summed E-state index contributed by atoms with van der Waals surface area (Å²) in [6.45, 7) is 0. The van der Waals surface area contributed by atoms with E-state index >= 15 is 0 Å². The highest BCUT2D eigenvalue weighted by molar-refractivity contribution is 7.80. The molecule has 0 aliphatic rings. The molecule has 14 nitrogen and oxygen atoms in total. The summed E-state index contributed by atoms with van der Waals surface area (Å²) in [6.07, 6.45) is -1.78. The molecular formula is C20H27N5O9S. The van der Waals surface area contributed by atoms with Crippen LogP contribution in [-0.2, 0) is 35.2 Å². The lowest BCUT2D eigenvalue weighted by Gasteiger charge is -2.24. The van der Waals surface area contributed by atoms with Crippen LogP contribution in [0.3, 0.4) is 0 Å². The Hall–Kier alpha value is -3.85. The molecule has 4 amide bonds. The van der Waals surface area contributed by atoms with Crippen molar-refractivity contribution in [3.63, 3.8) is 0 Å². The topological polar surface area (TPSA) is 251 Å². The van der Waals surface area contributed by atoms with Crippen LogP contribution < -0.4 is 27.4 Å². The summed E-state index contributed by atoms with van der Waals surface area (Å²) in [5.41, 5.74) is 11.1. The molecule has 192 valence electrons. The number of carbonyl (C=O) groups is 6. The number of phenols is 1. The van der Waals surface area contributed by atoms with E-state index in [0.717, 1.165) is 0 Å². The zero-order chi connectivity index (χ0) is 26.7. The molecule has 0 aliphatic carbocycles. The van der Waals surface area contributed by atoms with Crippen molar-refractivity contribution < 1.29 is 44.1 Å². The smallest absolute Gasteiger partial charge is 0.326 e. The number of amides is 4. The van der Waals surface area contributed by atoms with Crippen molar-refractivity contribution in [3.05, 3.63) is 29.8 Å². The van der Waals surface area contributed by atoms with Crippen molar-refractivity contribution in [2.75, 3.05) is 5.75 Å². The fourth-order valence-electron chi connectivity index (χ4n) is 2.77. The van der Waals surface area contributed by atoms with Crippen LogP contribution >= 0.6 is 12.6 Å². The second kappa shape index (κ2) is 13.8. The van der Waals surface area contributed by atoms with E-state index in [4.69, 9.17) is 16.6 Å². The van der Waals surface area contributed by atoms with Gasteiger partial charge in [0.1, 0.15) is 23.9 Å². The molecular weight excluding hydrogens is 486 g/mol. The first-order valence-electron chi connectivity index (χ1n) is 10.1. The van der Waals surface area contributed by atoms with Crippen molar-refractivity contribution in [1.29, 1.82) is 0 Å². The summed E-state index contributed by atoms with van der Waals surface area (Å²) in [5.74, 6) is -7.05. The van der Waals surface area contributed by atoms with Gasteiger partial charge in [0.2, 0.25) is 23.6 Å². The van der Waals surface area contributed by atoms with Gasteiger partial charge in [0.05, 0.1) is 18.9 Å². The van der Waals surface area contributed by atoms with Gasteiger partial charge >= 0.3 is 11.9 Å². The molecule has 15 heteroatoms. The molecule has 1 aromatic rings. The number of aromatic hydroxyl groups is 1. The summed E-state index contributed by atoms with van der Waals surface area (Å²) >= 11 is 3.88. The molecule has 10 N–H and O–H groups in total. The number of carbonyl (C=O) groups excluding carboxylic acids is 4. The largest absolute Gasteiger partial charge is 0.508 e. The molecule has 0 fully saturated rings. The number of rotatable bonds is 14. The number of hydrogen-bond donors (Lipinski definition) is 9. The Balaban J connectivity index is 3.18. The van der Waals surface area contributed by atoms with Crippen molar-refractivity contribution in [1.82, 2.24) is 16.0 Å². The number of benzene rings is 1. The van der Waals surface area contributed by atoms with Crippen molar-refractivity contribution in [2.45, 2.75) is 43.4 Å². The van der Waals surface area contributed by atoms with Gasteiger partial charge in [-0.3, -0.25) is 24.0 Å². The summed E-state index contributed by atoms with van der Waals surface area (Å²) in [6, 6.07) is -0.399. The van der Waals surface area contributed by atoms with Crippen LogP contribution in [0.15, 0.2) is 24.3 Å². The van der Waals surface area contributed by atoms with Gasteiger partial charge in [0.25, 0.3) is 0 Å². The highest BCUT2D eigenvalue weighted by Gasteiger charge is 2.31. The number of primary amides is 1. The van der Waals surface area contributed by atoms with E-state index in [-0.39, 0.29) is 17.9 Å². The zero-order valence-corrected chi connectivity index (χ0v) is 19.2. The monoisotopic (exact) mass is 513 g/mol. The number of aliphatic carboxylic acids is 2. The number of nitrogens with one attached hydrogen (secondary N) is 3. The third-order valence-corrected chi connectivity index (χ3v) is 4.97. The molecule has 0 spiro atoms. The van der Waals surface area contributed by atoms with Crippen LogP contribution in [0, 0.1) is 0 Å². The highest BCUT2D eigenvalue weighted by Crippen LogP contribution is 2.12. The van der Waals surface area contributed by atoms with Gasteiger partial charge in [-0.2, -0.15) is 12.6 Å². The fraction of sp³-hybridized carbons (Fsp3) is 0.400. The van der Waals surface area contributed by atoms with Gasteiger partial charge in [0.15, 0.2) is 0 Å². The van der Waals surface area contributed by atoms with Gasteiger partial charge in [-0.15, -0.1) is 0 Å². The molecule has 0 aromatic heterocycles. The average molecular weight is 514 g/mol. The maximum atomic E-state index is 12.9. The van der Waals surface area contributed by atoms with Gasteiger partial charge in [-0.25, -0.2) is 4.79 Å². The molecule has 4 unspecified atom stereocenters. The van der Waals surface area contributed by atoms with Crippen molar-refractivity contribution in [2.24, 2.45) is 11.5 Å². The minimum absolute atomic E-state index is 0.0667. The number of phenolic OH excluding ortho intramolecular Hbond substituents is 1. The van der Waals surface area contributed by atoms with Gasteiger partial charge in [-0.1, -0.05) is 12.1 Å². The molecule has 0 bridgehead atoms. The van der Waals surface area contributed by atoms with Crippen molar-refractivity contribution >= 4 is 48.2 Å². The number of thiol groups is 1. The Labute approximate surface area is 204 Å². The Kier molecular flexibility index (Phi) is 11.5. The maximum Gasteiger partial charge on any atom is 0.326 e. The quantitative estimate of drug-likeness (QED) is 0.115. The van der Waals surface area contributed by atoms with Crippen LogP contribution in [0.4, 0.5) is 0 Å². The molecule has 1 aromatic carbocycles. The van der Waals surface area contributed by atoms with Gasteiger partial charge < -0.3 is 42.7 Å². The standard InChI is InChI=1S/C20H27N5O9S/c21-11(8-35)17(30)23-13(6-15(22)27)19(32)24-12(5-9-1-3-10(26)4-2-9)18(31)25-14(20(33)34)7-16(28)29/h1-4,11-14,26,35H,5-8,21H2,(H2,22,27)(H,23,30)(H,24,32)(H,25,31)(H,28,29)(H,33,34). The molecule has 0 saturated carbocycles. The number of hydrogen-bond acceptors (Lipinski definition) is 9. The predicted octanol–water partition coefficient (Wildman–Crippen LogP) is -2.92. The molecule has 0 heterocycles. The highest BCUT2D eigenvalue weighted by atomic mass is 32.1. The SMILES string of the molecule is NC(=O)CC(NC(=O)C(N)CS)C(=O)NC(Cc1ccc(O)cc1)C(=O)NC(CC(=O)O)C(=O)O. The third kappa shape index (κ3) is 10.3. The Bertz CT molecular complexity index is 957. The lowest BCUT2D eigenvalue weighted by molar-refractivity contribution is -0.147. The van der Waals surface area contributed by atoms with Crippen LogP contribution in [0.1, 0.15) is 18.4 Å². The molecule has 4 atom stereocenters. The first-order valence-corrected chi connectivity index (χ1v) is 10.8. The minimum Gasteiger partial charge on any atom is -0.508 e. The van der Waals surface area contributed by atoms with E-state index < -0.39 is 72.6 Å². The lowest BCUT2D eigenvalue weighted by Crippen LogP contribution is -2.58. The molecule has 0 saturated heterocycles. The number of nitrogens with two attached hydrogens (primary N) is 2. The molecule has 35 heavy (non-hydrogen) atoms. The van der Waals surface area contributed by atoms with E-state index in [9.17, 15) is 39.0 Å². The Morgan fingerprint density at radius 1 is 0.829 bits per heavy atom. The van der Waals surface area contributed by atoms with Crippen molar-refractivity contribution in [3.8, 4) is 5.75 Å². The molecule has 0 radical (unpaired) electrons. The summed E-state index contributed by atoms with van der Waals surface area (Å²) in [5, 5.41) is 34.1. The van der Waals surface area contributed by atoms with Gasteiger partial charge in [0, 0.05) is 12.2 Å². The number of carboxylic acid groups (broad SMARTS) is 2. The van der Waals surface area contributed by atoms with E-state index in [1.165, 1.54) is 24.3 Å². The van der Waals surface area contributed by atoms with E-state index in [1.807, 2.05) is 5.32 Å². The summed E-state index contributed by atoms with van der Waals surface area (Å²) in [7, 11) is 0. The lowest BCUT2D eigenvalue weighted by atomic mass is 10.0. The first kappa shape index (κ1) is 29.2. The number of carboxylic acids is 2. The average Bonchev–Trinajstić information content (AvgIpc) is 2.77. The third-order valence-electron chi connectivity index (χ3n) is 4.57. The first-order chi connectivity index (χ1) is 16.3. The fourth-order valence-corrected chi connectivity index (χ4v) is 2.93. The normalized spacial score (nSPS) is 14.0. The second-order valence-electron chi connectivity index (χ2n) is 7.45. The summed E-state index contributed by atoms with van der Waals surface area (Å²) < 4.78 is 0. The van der Waals surface area contributed by atoms with Crippen LogP contribution in [0.5, 0.6) is 5.75 Å². The molecule has 1 rings (SSSR count). The van der Waals surface area contributed by atoms with Crippen LogP contribution in [0.2, 0.25) is 0 Å². The van der Waals surface area contributed by atoms with E-state index in [0.29, 0.717) is 5.56 Å². The van der Waals surface area contributed by atoms with Crippen LogP contribution in [-0.4, -0.2) is 80.8 Å². The molecule has 0 aliphatic heterocycles. The Morgan fingerprint density at radius 2 is 1.34 bits per heavy atom. The van der Waals surface area contributed by atoms with Gasteiger partial charge in [-0.05, 0) is 17.7 Å². The van der Waals surface area contributed by atoms with E-state index in [1.54, 1.807) is 0 Å².